The summed E-state index contributed by atoms with van der Waals surface area (Å²) in [4.78, 5) is 0. The Morgan fingerprint density at radius 1 is 1.29 bits per heavy atom. The molecule has 0 aromatic heterocycles. The molecule has 1 fully saturated rings. The van der Waals surface area contributed by atoms with Crippen molar-refractivity contribution in [1.29, 1.82) is 0 Å². The number of alkyl halides is 1. The Hall–Kier alpha value is -0.0600. The molecule has 1 unspecified atom stereocenters. The summed E-state index contributed by atoms with van der Waals surface area (Å²) in [5, 5.41) is 1.06. The minimum atomic E-state index is -0.0510. The summed E-state index contributed by atoms with van der Waals surface area (Å²) in [6.07, 6.45) is 3.29. The van der Waals surface area contributed by atoms with Gasteiger partial charge in [0.2, 0.25) is 0 Å². The van der Waals surface area contributed by atoms with E-state index < -0.39 is 0 Å². The zero-order valence-corrected chi connectivity index (χ0v) is 13.2. The van der Waals surface area contributed by atoms with Crippen molar-refractivity contribution in [2.75, 3.05) is 11.9 Å². The number of hydrogen-bond acceptors (Lipinski definition) is 2. The highest BCUT2D eigenvalue weighted by atomic mass is 79.9. The molecule has 1 aromatic rings. The molecule has 0 radical (unpaired) electrons. The van der Waals surface area contributed by atoms with Crippen molar-refractivity contribution in [3.8, 4) is 5.75 Å². The summed E-state index contributed by atoms with van der Waals surface area (Å²) in [5.74, 6) is 0.875. The van der Waals surface area contributed by atoms with Crippen molar-refractivity contribution < 1.29 is 9.47 Å². The van der Waals surface area contributed by atoms with Gasteiger partial charge in [0.25, 0.3) is 0 Å². The molecule has 4 heteroatoms. The fourth-order valence-corrected chi connectivity index (χ4v) is 1.73. The first-order valence-corrected chi connectivity index (χ1v) is 7.77. The van der Waals surface area contributed by atoms with E-state index in [0.717, 1.165) is 35.0 Å². The first kappa shape index (κ1) is 15.0. The smallest absolute Gasteiger partial charge is 0.199 e. The number of benzene rings is 1. The lowest BCUT2D eigenvalue weighted by Gasteiger charge is -2.23. The van der Waals surface area contributed by atoms with E-state index in [1.807, 2.05) is 31.2 Å². The lowest BCUT2D eigenvalue weighted by atomic mass is 10.2. The molecule has 0 aliphatic carbocycles. The Balaban J connectivity index is 0.000000437. The second-order valence-electron chi connectivity index (χ2n) is 3.64. The van der Waals surface area contributed by atoms with Crippen molar-refractivity contribution >= 4 is 31.9 Å². The van der Waals surface area contributed by atoms with E-state index in [1.165, 1.54) is 6.42 Å². The van der Waals surface area contributed by atoms with Crippen molar-refractivity contribution in [3.63, 3.8) is 0 Å². The van der Waals surface area contributed by atoms with Crippen LogP contribution in [-0.4, -0.2) is 18.2 Å². The highest BCUT2D eigenvalue weighted by Crippen LogP contribution is 2.21. The molecule has 0 amide bonds. The molecule has 2 rings (SSSR count). The monoisotopic (exact) mass is 364 g/mol. The van der Waals surface area contributed by atoms with Gasteiger partial charge in [-0.2, -0.15) is 0 Å². The third-order valence-electron chi connectivity index (χ3n) is 2.22. The molecule has 96 valence electrons. The number of halogens is 2. The molecule has 17 heavy (non-hydrogen) atoms. The largest absolute Gasteiger partial charge is 0.465 e. The molecular weight excluding hydrogens is 348 g/mol. The van der Waals surface area contributed by atoms with Crippen molar-refractivity contribution in [2.24, 2.45) is 0 Å². The molecular formula is C13H18Br2O2. The number of rotatable bonds is 2. The SMILES string of the molecule is Brc1ccc(OC2CCCCO2)cc1.CCBr. The van der Waals surface area contributed by atoms with E-state index in [1.54, 1.807) is 0 Å². The van der Waals surface area contributed by atoms with Crippen LogP contribution >= 0.6 is 31.9 Å². The quantitative estimate of drug-likeness (QED) is 0.703. The van der Waals surface area contributed by atoms with Crippen LogP contribution in [0.25, 0.3) is 0 Å². The first-order valence-electron chi connectivity index (χ1n) is 5.86. The van der Waals surface area contributed by atoms with Crippen LogP contribution in [0, 0.1) is 0 Å². The summed E-state index contributed by atoms with van der Waals surface area (Å²) in [6, 6.07) is 7.83. The third kappa shape index (κ3) is 6.43. The van der Waals surface area contributed by atoms with Crippen LogP contribution in [0.1, 0.15) is 26.2 Å². The predicted octanol–water partition coefficient (Wildman–Crippen LogP) is 4.76. The Labute approximate surface area is 120 Å². The van der Waals surface area contributed by atoms with Gasteiger partial charge < -0.3 is 9.47 Å². The van der Waals surface area contributed by atoms with Gasteiger partial charge in [-0.1, -0.05) is 38.8 Å². The van der Waals surface area contributed by atoms with Gasteiger partial charge in [-0.3, -0.25) is 0 Å². The zero-order chi connectivity index (χ0) is 12.5. The van der Waals surface area contributed by atoms with Crippen LogP contribution in [0.4, 0.5) is 0 Å². The van der Waals surface area contributed by atoms with Gasteiger partial charge in [0.1, 0.15) is 5.75 Å². The highest BCUT2D eigenvalue weighted by molar-refractivity contribution is 9.10. The normalized spacial score (nSPS) is 19.1. The molecule has 2 nitrogen and oxygen atoms in total. The van der Waals surface area contributed by atoms with E-state index in [4.69, 9.17) is 9.47 Å². The Kier molecular flexibility index (Phi) is 7.90. The van der Waals surface area contributed by atoms with Gasteiger partial charge in [-0.05, 0) is 37.1 Å². The van der Waals surface area contributed by atoms with E-state index in [9.17, 15) is 0 Å². The van der Waals surface area contributed by atoms with Crippen LogP contribution in [0.5, 0.6) is 5.75 Å². The fraction of sp³-hybridized carbons (Fsp3) is 0.538. The fourth-order valence-electron chi connectivity index (χ4n) is 1.47. The highest BCUT2D eigenvalue weighted by Gasteiger charge is 2.14. The zero-order valence-electron chi connectivity index (χ0n) is 9.99. The van der Waals surface area contributed by atoms with Crippen LogP contribution in [0.3, 0.4) is 0 Å². The molecule has 1 saturated heterocycles. The lowest BCUT2D eigenvalue weighted by molar-refractivity contribution is -0.105. The molecule has 1 aliphatic rings. The maximum Gasteiger partial charge on any atom is 0.199 e. The van der Waals surface area contributed by atoms with Crippen LogP contribution in [0.15, 0.2) is 28.7 Å². The van der Waals surface area contributed by atoms with E-state index in [0.29, 0.717) is 0 Å². The van der Waals surface area contributed by atoms with Crippen molar-refractivity contribution in [2.45, 2.75) is 32.5 Å². The molecule has 0 saturated carbocycles. The second-order valence-corrected chi connectivity index (χ2v) is 5.67. The van der Waals surface area contributed by atoms with Gasteiger partial charge in [-0.25, -0.2) is 0 Å². The summed E-state index contributed by atoms with van der Waals surface area (Å²) >= 11 is 6.53. The average molecular weight is 366 g/mol. The lowest BCUT2D eigenvalue weighted by Crippen LogP contribution is -2.24. The minimum absolute atomic E-state index is 0.0510. The maximum absolute atomic E-state index is 5.67. The Morgan fingerprint density at radius 3 is 2.47 bits per heavy atom. The third-order valence-corrected chi connectivity index (χ3v) is 2.75. The standard InChI is InChI=1S/C11H13BrO2.C2H5Br/c12-9-4-6-10(7-5-9)14-11-3-1-2-8-13-11;1-2-3/h4-7,11H,1-3,8H2;2H2,1H3. The molecule has 1 atom stereocenters. The molecule has 0 N–H and O–H groups in total. The molecule has 1 aliphatic heterocycles. The van der Waals surface area contributed by atoms with Crippen molar-refractivity contribution in [1.82, 2.24) is 0 Å². The summed E-state index contributed by atoms with van der Waals surface area (Å²) in [5.41, 5.74) is 0. The Morgan fingerprint density at radius 2 is 1.94 bits per heavy atom. The second kappa shape index (κ2) is 8.95. The molecule has 0 spiro atoms. The molecule has 1 heterocycles. The summed E-state index contributed by atoms with van der Waals surface area (Å²) in [7, 11) is 0. The van der Waals surface area contributed by atoms with Gasteiger partial charge in [0, 0.05) is 16.2 Å². The van der Waals surface area contributed by atoms with E-state index in [-0.39, 0.29) is 6.29 Å². The summed E-state index contributed by atoms with van der Waals surface area (Å²) < 4.78 is 12.2. The van der Waals surface area contributed by atoms with E-state index in [2.05, 4.69) is 31.9 Å². The minimum Gasteiger partial charge on any atom is -0.465 e. The number of ether oxygens (including phenoxy) is 2. The van der Waals surface area contributed by atoms with Crippen molar-refractivity contribution in [3.05, 3.63) is 28.7 Å². The van der Waals surface area contributed by atoms with Gasteiger partial charge in [0.05, 0.1) is 6.61 Å². The van der Waals surface area contributed by atoms with Crippen LogP contribution < -0.4 is 4.74 Å². The van der Waals surface area contributed by atoms with Crippen LogP contribution in [0.2, 0.25) is 0 Å². The predicted molar refractivity (Wildman–Crippen MR) is 77.8 cm³/mol. The average Bonchev–Trinajstić information content (AvgIpc) is 2.35. The molecule has 0 bridgehead atoms. The van der Waals surface area contributed by atoms with Gasteiger partial charge in [0.15, 0.2) is 6.29 Å². The summed E-state index contributed by atoms with van der Waals surface area (Å²) in [6.45, 7) is 2.86. The Bertz CT molecular complexity index is 295. The van der Waals surface area contributed by atoms with E-state index >= 15 is 0 Å². The molecule has 1 aromatic carbocycles. The first-order chi connectivity index (χ1) is 8.26. The topological polar surface area (TPSA) is 18.5 Å². The number of hydrogen-bond donors (Lipinski definition) is 0. The van der Waals surface area contributed by atoms with Gasteiger partial charge >= 0.3 is 0 Å². The maximum atomic E-state index is 5.67. The van der Waals surface area contributed by atoms with Crippen LogP contribution in [-0.2, 0) is 4.74 Å². The van der Waals surface area contributed by atoms with Gasteiger partial charge in [-0.15, -0.1) is 0 Å².